The summed E-state index contributed by atoms with van der Waals surface area (Å²) in [5, 5.41) is 15.1. The molecule has 2 amide bonds. The van der Waals surface area contributed by atoms with Crippen LogP contribution >= 0.6 is 0 Å². The van der Waals surface area contributed by atoms with Gasteiger partial charge in [0, 0.05) is 6.92 Å². The van der Waals surface area contributed by atoms with Gasteiger partial charge < -0.3 is 15.2 Å². The number of phenols is 1. The summed E-state index contributed by atoms with van der Waals surface area (Å²) in [5.41, 5.74) is 0.375. The minimum Gasteiger partial charge on any atom is -0.506 e. The lowest BCUT2D eigenvalue weighted by molar-refractivity contribution is -0.119. The van der Waals surface area contributed by atoms with Crippen LogP contribution in [0.25, 0.3) is 0 Å². The van der Waals surface area contributed by atoms with Crippen LogP contribution in [0.2, 0.25) is 0 Å². The fourth-order valence-corrected chi connectivity index (χ4v) is 1.73. The zero-order valence-corrected chi connectivity index (χ0v) is 13.0. The number of hydrogen-bond acceptors (Lipinski definition) is 4. The molecule has 1 rings (SSSR count). The highest BCUT2D eigenvalue weighted by Gasteiger charge is 2.17. The minimum absolute atomic E-state index is 0.0874. The molecule has 0 aliphatic carbocycles. The van der Waals surface area contributed by atoms with Crippen LogP contribution in [-0.2, 0) is 9.53 Å². The first-order valence-corrected chi connectivity index (χ1v) is 6.68. The van der Waals surface area contributed by atoms with Crippen LogP contribution in [0.4, 0.5) is 10.5 Å². The van der Waals surface area contributed by atoms with E-state index in [0.717, 1.165) is 5.56 Å². The maximum Gasteiger partial charge on any atom is 0.412 e. The topological polar surface area (TPSA) is 87.7 Å². The van der Waals surface area contributed by atoms with E-state index < -0.39 is 11.7 Å². The van der Waals surface area contributed by atoms with Crippen LogP contribution in [0.1, 0.15) is 46.2 Å². The van der Waals surface area contributed by atoms with Gasteiger partial charge in [-0.2, -0.15) is 0 Å². The van der Waals surface area contributed by atoms with Crippen molar-refractivity contribution in [3.63, 3.8) is 0 Å². The third-order valence-corrected chi connectivity index (χ3v) is 2.58. The molecule has 0 aliphatic heterocycles. The van der Waals surface area contributed by atoms with E-state index >= 15 is 0 Å². The fourth-order valence-electron chi connectivity index (χ4n) is 1.73. The summed E-state index contributed by atoms with van der Waals surface area (Å²) in [4.78, 5) is 22.7. The van der Waals surface area contributed by atoms with Crippen molar-refractivity contribution in [1.29, 1.82) is 0 Å². The van der Waals surface area contributed by atoms with Crippen molar-refractivity contribution in [2.45, 2.75) is 46.3 Å². The summed E-state index contributed by atoms with van der Waals surface area (Å²) < 4.78 is 5.11. The molecular formula is C15H22N2O4. The Hall–Kier alpha value is -2.24. The number of phenolic OH excluding ortho intramolecular Hbond substituents is 1. The van der Waals surface area contributed by atoms with Crippen LogP contribution in [0.15, 0.2) is 18.2 Å². The predicted molar refractivity (Wildman–Crippen MR) is 80.2 cm³/mol. The number of carbonyl (C=O) groups is 2. The van der Waals surface area contributed by atoms with Gasteiger partial charge in [0.1, 0.15) is 11.4 Å². The Balaban J connectivity index is 2.79. The maximum absolute atomic E-state index is 11.6. The highest BCUT2D eigenvalue weighted by Crippen LogP contribution is 2.27. The molecule has 0 spiro atoms. The molecule has 0 aromatic heterocycles. The molecular weight excluding hydrogens is 272 g/mol. The van der Waals surface area contributed by atoms with Gasteiger partial charge in [-0.15, -0.1) is 0 Å². The van der Waals surface area contributed by atoms with Gasteiger partial charge in [-0.1, -0.05) is 6.07 Å². The Morgan fingerprint density at radius 1 is 1.29 bits per heavy atom. The number of carbonyl (C=O) groups excluding carboxylic acids is 2. The van der Waals surface area contributed by atoms with Crippen LogP contribution in [0, 0.1) is 0 Å². The third-order valence-electron chi connectivity index (χ3n) is 2.58. The molecule has 0 aliphatic rings. The van der Waals surface area contributed by atoms with Crippen molar-refractivity contribution >= 4 is 17.7 Å². The van der Waals surface area contributed by atoms with Gasteiger partial charge in [-0.3, -0.25) is 10.1 Å². The first-order valence-electron chi connectivity index (χ1n) is 6.68. The average molecular weight is 294 g/mol. The zero-order chi connectivity index (χ0) is 16.2. The average Bonchev–Trinajstić information content (AvgIpc) is 2.28. The molecule has 0 saturated carbocycles. The molecule has 1 atom stereocenters. The maximum atomic E-state index is 11.6. The number of nitrogens with one attached hydrogen (secondary N) is 2. The van der Waals surface area contributed by atoms with Gasteiger partial charge in [-0.25, -0.2) is 4.79 Å². The van der Waals surface area contributed by atoms with Gasteiger partial charge in [0.05, 0.1) is 11.7 Å². The number of rotatable bonds is 3. The van der Waals surface area contributed by atoms with E-state index in [1.54, 1.807) is 39.8 Å². The second kappa shape index (κ2) is 6.47. The molecule has 21 heavy (non-hydrogen) atoms. The number of benzene rings is 1. The van der Waals surface area contributed by atoms with Gasteiger partial charge in [0.25, 0.3) is 0 Å². The van der Waals surface area contributed by atoms with E-state index in [-0.39, 0.29) is 23.4 Å². The summed E-state index contributed by atoms with van der Waals surface area (Å²) in [7, 11) is 0. The Bertz CT molecular complexity index is 535. The second-order valence-electron chi connectivity index (χ2n) is 5.83. The predicted octanol–water partition coefficient (Wildman–Crippen LogP) is 2.94. The van der Waals surface area contributed by atoms with Gasteiger partial charge in [0.2, 0.25) is 5.91 Å². The number of anilines is 1. The molecule has 3 N–H and O–H groups in total. The minimum atomic E-state index is -0.638. The molecule has 1 aromatic carbocycles. The fraction of sp³-hybridized carbons (Fsp3) is 0.467. The second-order valence-corrected chi connectivity index (χ2v) is 5.83. The molecule has 0 bridgehead atoms. The molecule has 116 valence electrons. The summed E-state index contributed by atoms with van der Waals surface area (Å²) in [6, 6.07) is 4.54. The van der Waals surface area contributed by atoms with Crippen molar-refractivity contribution < 1.29 is 19.4 Å². The van der Waals surface area contributed by atoms with Gasteiger partial charge in [0.15, 0.2) is 0 Å². The highest BCUT2D eigenvalue weighted by molar-refractivity contribution is 5.87. The number of hydrogen-bond donors (Lipinski definition) is 3. The number of amides is 2. The Labute approximate surface area is 124 Å². The zero-order valence-electron chi connectivity index (χ0n) is 13.0. The lowest BCUT2D eigenvalue weighted by Crippen LogP contribution is -2.27. The molecule has 0 fully saturated rings. The van der Waals surface area contributed by atoms with Crippen LogP contribution < -0.4 is 10.6 Å². The van der Waals surface area contributed by atoms with Crippen molar-refractivity contribution in [3.05, 3.63) is 23.8 Å². The molecule has 1 unspecified atom stereocenters. The largest absolute Gasteiger partial charge is 0.506 e. The molecule has 0 radical (unpaired) electrons. The quantitative estimate of drug-likeness (QED) is 0.748. The highest BCUT2D eigenvalue weighted by atomic mass is 16.6. The molecule has 0 saturated heterocycles. The smallest absolute Gasteiger partial charge is 0.412 e. The van der Waals surface area contributed by atoms with E-state index in [0.29, 0.717) is 0 Å². The van der Waals surface area contributed by atoms with Crippen LogP contribution in [0.5, 0.6) is 5.75 Å². The van der Waals surface area contributed by atoms with Crippen molar-refractivity contribution in [2.75, 3.05) is 5.32 Å². The van der Waals surface area contributed by atoms with E-state index in [1.165, 1.54) is 13.0 Å². The monoisotopic (exact) mass is 294 g/mol. The summed E-state index contributed by atoms with van der Waals surface area (Å²) in [6.45, 7) is 8.49. The molecule has 6 heteroatoms. The van der Waals surface area contributed by atoms with E-state index in [1.807, 2.05) is 0 Å². The van der Waals surface area contributed by atoms with Crippen molar-refractivity contribution in [2.24, 2.45) is 0 Å². The molecule has 1 aromatic rings. The lowest BCUT2D eigenvalue weighted by atomic mass is 10.1. The SMILES string of the molecule is CC(=O)NC(C)c1ccc(NC(=O)OC(C)(C)C)c(O)c1. The first-order chi connectivity index (χ1) is 9.58. The summed E-state index contributed by atoms with van der Waals surface area (Å²) >= 11 is 0. The lowest BCUT2D eigenvalue weighted by Gasteiger charge is -2.20. The van der Waals surface area contributed by atoms with E-state index in [2.05, 4.69) is 10.6 Å². The number of ether oxygens (including phenoxy) is 1. The van der Waals surface area contributed by atoms with Crippen molar-refractivity contribution in [1.82, 2.24) is 5.32 Å². The van der Waals surface area contributed by atoms with Crippen LogP contribution in [-0.4, -0.2) is 22.7 Å². The van der Waals surface area contributed by atoms with E-state index in [4.69, 9.17) is 4.74 Å². The first kappa shape index (κ1) is 16.8. The van der Waals surface area contributed by atoms with E-state index in [9.17, 15) is 14.7 Å². The van der Waals surface area contributed by atoms with Gasteiger partial charge >= 0.3 is 6.09 Å². The Morgan fingerprint density at radius 3 is 2.38 bits per heavy atom. The summed E-state index contributed by atoms with van der Waals surface area (Å²) in [5.74, 6) is -0.242. The van der Waals surface area contributed by atoms with Crippen LogP contribution in [0.3, 0.4) is 0 Å². The standard InChI is InChI=1S/C15H22N2O4/c1-9(16-10(2)18)11-6-7-12(13(19)8-11)17-14(20)21-15(3,4)5/h6-9,19H,1-5H3,(H,16,18)(H,17,20). The Kier molecular flexibility index (Phi) is 5.18. The normalized spacial score (nSPS) is 12.4. The third kappa shape index (κ3) is 5.72. The van der Waals surface area contributed by atoms with Crippen molar-refractivity contribution in [3.8, 4) is 5.75 Å². The van der Waals surface area contributed by atoms with Gasteiger partial charge in [-0.05, 0) is 45.4 Å². The number of aromatic hydroxyl groups is 1. The molecule has 0 heterocycles. The molecule has 6 nitrogen and oxygen atoms in total. The summed E-state index contributed by atoms with van der Waals surface area (Å²) in [6.07, 6.45) is -0.638. The Morgan fingerprint density at radius 2 is 1.90 bits per heavy atom.